The number of halogens is 1. The lowest BCUT2D eigenvalue weighted by Crippen LogP contribution is -2.35. The molecule has 0 saturated carbocycles. The van der Waals surface area contributed by atoms with Crippen LogP contribution >= 0.6 is 15.9 Å². The summed E-state index contributed by atoms with van der Waals surface area (Å²) < 4.78 is 32.1. The molecule has 1 aromatic heterocycles. The Labute approximate surface area is 130 Å². The average molecular weight is 372 g/mol. The first-order chi connectivity index (χ1) is 9.98. The Balaban J connectivity index is 2.07. The van der Waals surface area contributed by atoms with E-state index in [4.69, 9.17) is 4.42 Å². The van der Waals surface area contributed by atoms with E-state index < -0.39 is 15.6 Å². The van der Waals surface area contributed by atoms with Gasteiger partial charge >= 0.3 is 5.63 Å². The van der Waals surface area contributed by atoms with Gasteiger partial charge in [0.2, 0.25) is 10.0 Å². The number of hydrogen-bond donors (Lipinski definition) is 0. The van der Waals surface area contributed by atoms with E-state index in [1.54, 1.807) is 12.1 Å². The Morgan fingerprint density at radius 2 is 1.81 bits per heavy atom. The SMILES string of the molecule is O=c1oc2ccc(S(=O)(=O)N3CCCCC3)cc2cc1Br. The minimum absolute atomic E-state index is 0.234. The second-order valence-corrected chi connectivity index (χ2v) is 7.84. The lowest BCUT2D eigenvalue weighted by atomic mass is 10.2. The molecule has 0 amide bonds. The van der Waals surface area contributed by atoms with Crippen LogP contribution in [0.1, 0.15) is 19.3 Å². The highest BCUT2D eigenvalue weighted by Crippen LogP contribution is 2.24. The molecular weight excluding hydrogens is 358 g/mol. The number of nitrogens with zero attached hydrogens (tertiary/aromatic N) is 1. The van der Waals surface area contributed by atoms with Crippen molar-refractivity contribution in [2.75, 3.05) is 13.1 Å². The molecule has 1 saturated heterocycles. The zero-order valence-electron chi connectivity index (χ0n) is 11.2. The minimum Gasteiger partial charge on any atom is -0.422 e. The molecule has 1 aromatic carbocycles. The maximum atomic E-state index is 12.6. The van der Waals surface area contributed by atoms with Crippen LogP contribution in [0.4, 0.5) is 0 Å². The van der Waals surface area contributed by atoms with Crippen LogP contribution < -0.4 is 5.63 Å². The van der Waals surface area contributed by atoms with Gasteiger partial charge in [0.25, 0.3) is 0 Å². The van der Waals surface area contributed by atoms with E-state index in [0.29, 0.717) is 24.1 Å². The van der Waals surface area contributed by atoms with Gasteiger partial charge in [-0.2, -0.15) is 4.31 Å². The smallest absolute Gasteiger partial charge is 0.350 e. The highest BCUT2D eigenvalue weighted by atomic mass is 79.9. The Morgan fingerprint density at radius 1 is 1.10 bits per heavy atom. The number of sulfonamides is 1. The Hall–Kier alpha value is -1.18. The van der Waals surface area contributed by atoms with Crippen LogP contribution in [-0.2, 0) is 10.0 Å². The van der Waals surface area contributed by atoms with E-state index in [2.05, 4.69) is 15.9 Å². The lowest BCUT2D eigenvalue weighted by Gasteiger charge is -2.25. The third kappa shape index (κ3) is 2.77. The molecule has 7 heteroatoms. The number of fused-ring (bicyclic) bond motifs is 1. The van der Waals surface area contributed by atoms with Gasteiger partial charge in [-0.1, -0.05) is 6.42 Å². The zero-order valence-corrected chi connectivity index (χ0v) is 13.6. The van der Waals surface area contributed by atoms with Crippen LogP contribution in [0, 0.1) is 0 Å². The fraction of sp³-hybridized carbons (Fsp3) is 0.357. The van der Waals surface area contributed by atoms with Crippen molar-refractivity contribution in [2.45, 2.75) is 24.2 Å². The quantitative estimate of drug-likeness (QED) is 0.761. The van der Waals surface area contributed by atoms with Crippen molar-refractivity contribution in [1.82, 2.24) is 4.31 Å². The van der Waals surface area contributed by atoms with Gasteiger partial charge in [0, 0.05) is 18.5 Å². The molecule has 2 heterocycles. The maximum absolute atomic E-state index is 12.6. The Bertz CT molecular complexity index is 838. The molecule has 0 aliphatic carbocycles. The maximum Gasteiger partial charge on any atom is 0.350 e. The molecule has 112 valence electrons. The van der Waals surface area contributed by atoms with E-state index in [1.807, 2.05) is 0 Å². The molecule has 0 bridgehead atoms. The lowest BCUT2D eigenvalue weighted by molar-refractivity contribution is 0.346. The monoisotopic (exact) mass is 371 g/mol. The molecule has 21 heavy (non-hydrogen) atoms. The van der Waals surface area contributed by atoms with Crippen LogP contribution in [0.2, 0.25) is 0 Å². The summed E-state index contributed by atoms with van der Waals surface area (Å²) in [4.78, 5) is 11.7. The van der Waals surface area contributed by atoms with Gasteiger partial charge in [-0.05, 0) is 53.0 Å². The third-order valence-electron chi connectivity index (χ3n) is 3.61. The predicted octanol–water partition coefficient (Wildman–Crippen LogP) is 2.73. The predicted molar refractivity (Wildman–Crippen MR) is 82.8 cm³/mol. The van der Waals surface area contributed by atoms with Gasteiger partial charge < -0.3 is 4.42 Å². The summed E-state index contributed by atoms with van der Waals surface area (Å²) in [6.45, 7) is 1.13. The molecule has 3 rings (SSSR count). The van der Waals surface area contributed by atoms with Crippen molar-refractivity contribution >= 4 is 36.9 Å². The van der Waals surface area contributed by atoms with E-state index in [9.17, 15) is 13.2 Å². The molecular formula is C14H14BrNO4S. The summed E-state index contributed by atoms with van der Waals surface area (Å²) in [6, 6.07) is 6.15. The summed E-state index contributed by atoms with van der Waals surface area (Å²) in [7, 11) is -3.48. The van der Waals surface area contributed by atoms with Crippen molar-refractivity contribution in [2.24, 2.45) is 0 Å². The third-order valence-corrected chi connectivity index (χ3v) is 6.06. The second-order valence-electron chi connectivity index (χ2n) is 5.05. The van der Waals surface area contributed by atoms with E-state index >= 15 is 0 Å². The summed E-state index contributed by atoms with van der Waals surface area (Å²) in [6.07, 6.45) is 2.86. The van der Waals surface area contributed by atoms with Crippen LogP contribution in [0.15, 0.2) is 42.8 Å². The number of piperidine rings is 1. The summed E-state index contributed by atoms with van der Waals surface area (Å²) in [5.74, 6) is 0. The molecule has 0 atom stereocenters. The summed E-state index contributed by atoms with van der Waals surface area (Å²) in [5, 5.41) is 0.583. The molecule has 1 aliphatic rings. The zero-order chi connectivity index (χ0) is 15.0. The largest absolute Gasteiger partial charge is 0.422 e. The van der Waals surface area contributed by atoms with E-state index in [1.165, 1.54) is 16.4 Å². The van der Waals surface area contributed by atoms with Crippen molar-refractivity contribution in [1.29, 1.82) is 0 Å². The Morgan fingerprint density at radius 3 is 2.52 bits per heavy atom. The molecule has 0 unspecified atom stereocenters. The second kappa shape index (κ2) is 5.55. The van der Waals surface area contributed by atoms with Gasteiger partial charge in [0.1, 0.15) is 10.1 Å². The molecule has 5 nitrogen and oxygen atoms in total. The first-order valence-electron chi connectivity index (χ1n) is 6.72. The molecule has 0 N–H and O–H groups in total. The average Bonchev–Trinajstić information content (AvgIpc) is 2.49. The fourth-order valence-electron chi connectivity index (χ4n) is 2.49. The standard InChI is InChI=1S/C14H14BrNO4S/c15-12-9-10-8-11(4-5-13(10)20-14(12)17)21(18,19)16-6-2-1-3-7-16/h4-5,8-9H,1-3,6-7H2. The Kier molecular flexibility index (Phi) is 3.90. The summed E-state index contributed by atoms with van der Waals surface area (Å²) >= 11 is 3.10. The van der Waals surface area contributed by atoms with Crippen molar-refractivity contribution < 1.29 is 12.8 Å². The normalized spacial score (nSPS) is 17.2. The fourth-order valence-corrected chi connectivity index (χ4v) is 4.37. The van der Waals surface area contributed by atoms with Gasteiger partial charge in [-0.3, -0.25) is 0 Å². The molecule has 0 radical (unpaired) electrons. The minimum atomic E-state index is -3.48. The van der Waals surface area contributed by atoms with Crippen molar-refractivity contribution in [3.63, 3.8) is 0 Å². The molecule has 1 aliphatic heterocycles. The number of benzene rings is 1. The van der Waals surface area contributed by atoms with Crippen LogP contribution in [0.3, 0.4) is 0 Å². The van der Waals surface area contributed by atoms with Crippen molar-refractivity contribution in [3.8, 4) is 0 Å². The first kappa shape index (κ1) is 14.7. The molecule has 0 spiro atoms. The summed E-state index contributed by atoms with van der Waals surface area (Å²) in [5.41, 5.74) is -0.102. The highest BCUT2D eigenvalue weighted by molar-refractivity contribution is 9.10. The molecule has 1 fully saturated rings. The van der Waals surface area contributed by atoms with E-state index in [0.717, 1.165) is 19.3 Å². The van der Waals surface area contributed by atoms with Gasteiger partial charge in [-0.15, -0.1) is 0 Å². The van der Waals surface area contributed by atoms with Gasteiger partial charge in [-0.25, -0.2) is 13.2 Å². The number of hydrogen-bond acceptors (Lipinski definition) is 4. The number of rotatable bonds is 2. The van der Waals surface area contributed by atoms with Crippen LogP contribution in [0.25, 0.3) is 11.0 Å². The van der Waals surface area contributed by atoms with E-state index in [-0.39, 0.29) is 9.37 Å². The van der Waals surface area contributed by atoms with Crippen LogP contribution in [-0.4, -0.2) is 25.8 Å². The van der Waals surface area contributed by atoms with Crippen molar-refractivity contribution in [3.05, 3.63) is 39.2 Å². The van der Waals surface area contributed by atoms with Gasteiger partial charge in [0.15, 0.2) is 0 Å². The molecule has 2 aromatic rings. The van der Waals surface area contributed by atoms with Gasteiger partial charge in [0.05, 0.1) is 4.90 Å². The topological polar surface area (TPSA) is 67.6 Å². The first-order valence-corrected chi connectivity index (χ1v) is 8.95. The highest BCUT2D eigenvalue weighted by Gasteiger charge is 2.26. The van der Waals surface area contributed by atoms with Crippen LogP contribution in [0.5, 0.6) is 0 Å².